The predicted molar refractivity (Wildman–Crippen MR) is 128 cm³/mol. The Morgan fingerprint density at radius 1 is 0.964 bits per heavy atom. The number of unbranched alkanes of at least 4 members (excludes halogenated alkanes) is 1. The van der Waals surface area contributed by atoms with Gasteiger partial charge in [0.2, 0.25) is 0 Å². The number of rotatable bonds is 13. The van der Waals surface area contributed by atoms with Gasteiger partial charge < -0.3 is 9.64 Å². The second-order valence-electron chi connectivity index (χ2n) is 8.18. The molecule has 0 aliphatic carbocycles. The molecule has 166 valence electrons. The summed E-state index contributed by atoms with van der Waals surface area (Å²) in [6.07, 6.45) is 7.71. The first kappa shape index (κ1) is 29.2. The van der Waals surface area contributed by atoms with Crippen LogP contribution in [0.3, 0.4) is 0 Å². The monoisotopic (exact) mass is 393 g/mol. The molecule has 1 unspecified atom stereocenters. The highest BCUT2D eigenvalue weighted by Gasteiger charge is 2.19. The second-order valence-corrected chi connectivity index (χ2v) is 8.18. The van der Waals surface area contributed by atoms with Crippen molar-refractivity contribution in [3.8, 4) is 5.75 Å². The van der Waals surface area contributed by atoms with E-state index in [0.29, 0.717) is 5.41 Å². The molecule has 0 N–H and O–H groups in total. The summed E-state index contributed by atoms with van der Waals surface area (Å²) in [7, 11) is 2.27. The zero-order valence-corrected chi connectivity index (χ0v) is 20.7. The summed E-state index contributed by atoms with van der Waals surface area (Å²) >= 11 is 0. The first-order chi connectivity index (χ1) is 13.4. The number of hydrogen-bond donors (Lipinski definition) is 0. The van der Waals surface area contributed by atoms with E-state index in [2.05, 4.69) is 39.6 Å². The van der Waals surface area contributed by atoms with Crippen molar-refractivity contribution >= 4 is 0 Å². The molecule has 0 spiro atoms. The molecular formula is C26H51NO. The van der Waals surface area contributed by atoms with Crippen LogP contribution >= 0.6 is 0 Å². The van der Waals surface area contributed by atoms with Gasteiger partial charge in [-0.1, -0.05) is 92.9 Å². The Bertz CT molecular complexity index is 416. The van der Waals surface area contributed by atoms with Gasteiger partial charge in [-0.3, -0.25) is 0 Å². The highest BCUT2D eigenvalue weighted by Crippen LogP contribution is 2.24. The molecular weight excluding hydrogens is 342 g/mol. The molecule has 2 nitrogen and oxygen atoms in total. The second kappa shape index (κ2) is 19.3. The van der Waals surface area contributed by atoms with Crippen LogP contribution in [0.25, 0.3) is 0 Å². The van der Waals surface area contributed by atoms with Crippen LogP contribution in [0.15, 0.2) is 30.3 Å². The number of nitrogens with zero attached hydrogens (tertiary/aromatic N) is 1. The number of benzene rings is 1. The van der Waals surface area contributed by atoms with Gasteiger partial charge in [0, 0.05) is 6.54 Å². The zero-order chi connectivity index (χ0) is 21.8. The van der Waals surface area contributed by atoms with E-state index >= 15 is 0 Å². The Kier molecular flexibility index (Phi) is 20.1. The van der Waals surface area contributed by atoms with E-state index in [1.54, 1.807) is 0 Å². The largest absolute Gasteiger partial charge is 0.494 e. The van der Waals surface area contributed by atoms with Crippen LogP contribution in [0.2, 0.25) is 0 Å². The molecule has 1 aromatic rings. The van der Waals surface area contributed by atoms with E-state index in [4.69, 9.17) is 4.74 Å². The third-order valence-corrected chi connectivity index (χ3v) is 4.89. The van der Waals surface area contributed by atoms with Gasteiger partial charge in [0.25, 0.3) is 0 Å². The maximum atomic E-state index is 5.81. The van der Waals surface area contributed by atoms with Crippen LogP contribution in [0.5, 0.6) is 5.75 Å². The van der Waals surface area contributed by atoms with Crippen LogP contribution in [-0.2, 0) is 0 Å². The lowest BCUT2D eigenvalue weighted by molar-refractivity contribution is 0.179. The highest BCUT2D eigenvalue weighted by atomic mass is 16.5. The lowest BCUT2D eigenvalue weighted by atomic mass is 9.87. The Balaban J connectivity index is 0. The first-order valence-corrected chi connectivity index (χ1v) is 11.8. The highest BCUT2D eigenvalue weighted by molar-refractivity contribution is 5.20. The van der Waals surface area contributed by atoms with Crippen molar-refractivity contribution in [2.24, 2.45) is 11.3 Å². The van der Waals surface area contributed by atoms with Crippen molar-refractivity contribution in [2.75, 3.05) is 26.7 Å². The molecule has 28 heavy (non-hydrogen) atoms. The molecule has 0 aliphatic heterocycles. The van der Waals surface area contributed by atoms with Crippen LogP contribution in [0.1, 0.15) is 93.9 Å². The zero-order valence-electron chi connectivity index (χ0n) is 20.7. The van der Waals surface area contributed by atoms with Crippen molar-refractivity contribution in [3.05, 3.63) is 30.3 Å². The summed E-state index contributed by atoms with van der Waals surface area (Å²) in [5.74, 6) is 1.87. The van der Waals surface area contributed by atoms with E-state index < -0.39 is 0 Å². The lowest BCUT2D eigenvalue weighted by Gasteiger charge is -2.30. The van der Waals surface area contributed by atoms with Crippen LogP contribution < -0.4 is 4.74 Å². The van der Waals surface area contributed by atoms with Crippen LogP contribution in [0.4, 0.5) is 0 Å². The molecule has 0 fully saturated rings. The summed E-state index contributed by atoms with van der Waals surface area (Å²) in [4.78, 5) is 2.51. The minimum atomic E-state index is 0.353. The minimum Gasteiger partial charge on any atom is -0.494 e. The molecule has 1 aromatic carbocycles. The van der Waals surface area contributed by atoms with E-state index in [0.717, 1.165) is 24.7 Å². The minimum absolute atomic E-state index is 0.353. The van der Waals surface area contributed by atoms with Crippen molar-refractivity contribution in [1.29, 1.82) is 0 Å². The Labute approximate surface area is 178 Å². The molecule has 1 rings (SSSR count). The molecule has 0 saturated carbocycles. The summed E-state index contributed by atoms with van der Waals surface area (Å²) in [6, 6.07) is 10.1. The average Bonchev–Trinajstić information content (AvgIpc) is 2.72. The van der Waals surface area contributed by atoms with Gasteiger partial charge in [0.15, 0.2) is 0 Å². The fourth-order valence-corrected chi connectivity index (χ4v) is 3.22. The number of para-hydroxylation sites is 1. The molecule has 0 saturated heterocycles. The standard InChI is InChI=1S/C22H39NO.2C2H6/c1-6-20(2)13-10-11-17-23(5)19-22(3,4)16-12-18-24-21-14-8-7-9-15-21;2*1-2/h7-9,14-15,20H,6,10-13,16-19H2,1-5H3;2*1-2H3. The van der Waals surface area contributed by atoms with Crippen LogP contribution in [0, 0.1) is 11.3 Å². The van der Waals surface area contributed by atoms with E-state index in [1.165, 1.54) is 45.2 Å². The van der Waals surface area contributed by atoms with Crippen LogP contribution in [-0.4, -0.2) is 31.6 Å². The topological polar surface area (TPSA) is 12.5 Å². The van der Waals surface area contributed by atoms with Crippen molar-refractivity contribution in [1.82, 2.24) is 4.90 Å². The van der Waals surface area contributed by atoms with Gasteiger partial charge in [-0.15, -0.1) is 0 Å². The molecule has 2 heteroatoms. The van der Waals surface area contributed by atoms with Gasteiger partial charge >= 0.3 is 0 Å². The lowest BCUT2D eigenvalue weighted by Crippen LogP contribution is -2.32. The van der Waals surface area contributed by atoms with Gasteiger partial charge in [0.1, 0.15) is 5.75 Å². The van der Waals surface area contributed by atoms with E-state index in [-0.39, 0.29) is 0 Å². The summed E-state index contributed by atoms with van der Waals surface area (Å²) in [5.41, 5.74) is 0.353. The van der Waals surface area contributed by atoms with Gasteiger partial charge in [-0.2, -0.15) is 0 Å². The van der Waals surface area contributed by atoms with Crippen molar-refractivity contribution < 1.29 is 4.74 Å². The Morgan fingerprint density at radius 3 is 2.14 bits per heavy atom. The van der Waals surface area contributed by atoms with Crippen molar-refractivity contribution in [2.45, 2.75) is 93.9 Å². The van der Waals surface area contributed by atoms with E-state index in [9.17, 15) is 0 Å². The molecule has 0 aromatic heterocycles. The molecule has 0 radical (unpaired) electrons. The number of ether oxygens (including phenoxy) is 1. The maximum Gasteiger partial charge on any atom is 0.119 e. The maximum absolute atomic E-state index is 5.81. The molecule has 0 bridgehead atoms. The Morgan fingerprint density at radius 2 is 1.57 bits per heavy atom. The summed E-state index contributed by atoms with van der Waals surface area (Å²) < 4.78 is 5.81. The fraction of sp³-hybridized carbons (Fsp3) is 0.769. The SMILES string of the molecule is CC.CC.CCC(C)CCCCN(C)CC(C)(C)CCCOc1ccccc1. The molecule has 0 amide bonds. The normalized spacial score (nSPS) is 11.8. The van der Waals surface area contributed by atoms with Gasteiger partial charge in [-0.05, 0) is 56.3 Å². The first-order valence-electron chi connectivity index (χ1n) is 11.8. The number of hydrogen-bond acceptors (Lipinski definition) is 2. The molecule has 0 heterocycles. The third kappa shape index (κ3) is 17.1. The average molecular weight is 394 g/mol. The summed E-state index contributed by atoms with van der Waals surface area (Å²) in [6.45, 7) is 20.6. The molecule has 1 atom stereocenters. The Hall–Kier alpha value is -1.02. The van der Waals surface area contributed by atoms with Gasteiger partial charge in [-0.25, -0.2) is 0 Å². The third-order valence-electron chi connectivity index (χ3n) is 4.89. The van der Waals surface area contributed by atoms with Crippen molar-refractivity contribution in [3.63, 3.8) is 0 Å². The predicted octanol–water partition coefficient (Wildman–Crippen LogP) is 8.07. The fourth-order valence-electron chi connectivity index (χ4n) is 3.22. The van der Waals surface area contributed by atoms with Gasteiger partial charge in [0.05, 0.1) is 6.61 Å². The quantitative estimate of drug-likeness (QED) is 0.314. The molecule has 0 aliphatic rings. The summed E-state index contributed by atoms with van der Waals surface area (Å²) in [5, 5.41) is 0. The smallest absolute Gasteiger partial charge is 0.119 e. The van der Waals surface area contributed by atoms with E-state index in [1.807, 2.05) is 58.0 Å².